The van der Waals surface area contributed by atoms with Crippen molar-refractivity contribution in [2.45, 2.75) is 12.3 Å². The Kier molecular flexibility index (Phi) is 4.73. The molecule has 1 atom stereocenters. The number of fused-ring (bicyclic) bond motifs is 1. The van der Waals surface area contributed by atoms with Crippen molar-refractivity contribution in [2.75, 3.05) is 19.0 Å². The van der Waals surface area contributed by atoms with E-state index in [1.165, 1.54) is 0 Å². The number of methoxy groups -OCH3 is 1. The number of hydrogen-bond donors (Lipinski definition) is 1. The molecule has 0 unspecified atom stereocenters. The summed E-state index contributed by atoms with van der Waals surface area (Å²) in [6.45, 7) is 0.224. The number of benzene rings is 2. The van der Waals surface area contributed by atoms with Crippen molar-refractivity contribution in [3.8, 4) is 29.5 Å². The highest BCUT2D eigenvalue weighted by Crippen LogP contribution is 2.37. The first-order valence-electron chi connectivity index (χ1n) is 8.87. The molecule has 1 aliphatic rings. The number of imidazole rings is 1. The Morgan fingerprint density at radius 2 is 1.89 bits per heavy atom. The maximum atomic E-state index is 12.4. The average Bonchev–Trinajstić information content (AvgIpc) is 3.16. The highest BCUT2D eigenvalue weighted by Gasteiger charge is 2.31. The Morgan fingerprint density at radius 3 is 2.57 bits per heavy atom. The van der Waals surface area contributed by atoms with E-state index >= 15 is 0 Å². The van der Waals surface area contributed by atoms with Crippen molar-refractivity contribution in [1.82, 2.24) is 9.55 Å². The van der Waals surface area contributed by atoms with Crippen LogP contribution in [0.2, 0.25) is 0 Å². The van der Waals surface area contributed by atoms with Gasteiger partial charge in [0.2, 0.25) is 5.91 Å². The lowest BCUT2D eigenvalue weighted by atomic mass is 9.90. The Morgan fingerprint density at radius 1 is 1.18 bits per heavy atom. The number of ether oxygens (including phenoxy) is 2. The van der Waals surface area contributed by atoms with E-state index in [1.54, 1.807) is 13.4 Å². The molecule has 0 spiro atoms. The largest absolute Gasteiger partial charge is 0.497 e. The Balaban J connectivity index is 1.67. The summed E-state index contributed by atoms with van der Waals surface area (Å²) in [4.78, 5) is 17.0. The van der Waals surface area contributed by atoms with Crippen LogP contribution >= 0.6 is 0 Å². The van der Waals surface area contributed by atoms with Crippen molar-refractivity contribution < 1.29 is 14.3 Å². The second-order valence-electron chi connectivity index (χ2n) is 6.41. The molecule has 0 aliphatic carbocycles. The fraction of sp³-hybridized carbons (Fsp3) is 0.182. The molecule has 1 aromatic heterocycles. The predicted octanol–water partition coefficient (Wildman–Crippen LogP) is 3.37. The monoisotopic (exact) mass is 373 g/mol. The fourth-order valence-electron chi connectivity index (χ4n) is 3.34. The minimum atomic E-state index is -0.120. The summed E-state index contributed by atoms with van der Waals surface area (Å²) in [7, 11) is 1.63. The molecule has 140 valence electrons. The van der Waals surface area contributed by atoms with E-state index < -0.39 is 0 Å². The molecule has 1 N–H and O–H groups in total. The number of nitrogens with zero attached hydrogens (tertiary/aromatic N) is 2. The standard InChI is InChI=1S/C22H19N3O3/c1-3-12-28-18-8-4-15(5-9-18)19-13-20(26)24-22-21(19)23-14-25(22)16-6-10-17(27-2)11-7-16/h1,4-11,14,19H,12-13H2,2H3,(H,24,26)/t19-/m1/s1. The van der Waals surface area contributed by atoms with Gasteiger partial charge in [-0.25, -0.2) is 4.98 Å². The van der Waals surface area contributed by atoms with Crippen LogP contribution in [-0.4, -0.2) is 29.2 Å². The maximum absolute atomic E-state index is 12.4. The molecule has 0 fully saturated rings. The van der Waals surface area contributed by atoms with Gasteiger partial charge in [0.1, 0.15) is 30.3 Å². The normalized spacial score (nSPS) is 15.3. The van der Waals surface area contributed by atoms with Gasteiger partial charge in [0.25, 0.3) is 0 Å². The van der Waals surface area contributed by atoms with E-state index in [-0.39, 0.29) is 18.4 Å². The van der Waals surface area contributed by atoms with E-state index in [0.717, 1.165) is 22.7 Å². The van der Waals surface area contributed by atoms with Crippen LogP contribution in [0.3, 0.4) is 0 Å². The number of hydrogen-bond acceptors (Lipinski definition) is 4. The molecule has 3 aromatic rings. The number of aromatic nitrogens is 2. The second-order valence-corrected chi connectivity index (χ2v) is 6.41. The van der Waals surface area contributed by atoms with Gasteiger partial charge in [-0.2, -0.15) is 0 Å². The van der Waals surface area contributed by atoms with Gasteiger partial charge in [-0.1, -0.05) is 18.1 Å². The van der Waals surface area contributed by atoms with Gasteiger partial charge in [-0.15, -0.1) is 6.42 Å². The molecule has 1 amide bonds. The van der Waals surface area contributed by atoms with Gasteiger partial charge in [-0.05, 0) is 42.0 Å². The summed E-state index contributed by atoms with van der Waals surface area (Å²) in [6, 6.07) is 15.2. The zero-order valence-electron chi connectivity index (χ0n) is 15.4. The second kappa shape index (κ2) is 7.49. The molecule has 2 aromatic carbocycles. The third kappa shape index (κ3) is 3.30. The van der Waals surface area contributed by atoms with Crippen LogP contribution < -0.4 is 14.8 Å². The van der Waals surface area contributed by atoms with E-state index in [9.17, 15) is 4.79 Å². The van der Waals surface area contributed by atoms with Crippen LogP contribution in [0.1, 0.15) is 23.6 Å². The molecule has 2 heterocycles. The molecule has 4 rings (SSSR count). The summed E-state index contributed by atoms with van der Waals surface area (Å²) in [5, 5.41) is 2.96. The Bertz CT molecular complexity index is 1030. The predicted molar refractivity (Wildman–Crippen MR) is 106 cm³/mol. The quantitative estimate of drug-likeness (QED) is 0.697. The first-order chi connectivity index (χ1) is 13.7. The van der Waals surface area contributed by atoms with Gasteiger partial charge < -0.3 is 14.8 Å². The van der Waals surface area contributed by atoms with Crippen molar-refractivity contribution in [3.05, 3.63) is 66.1 Å². The molecular formula is C22H19N3O3. The fourth-order valence-corrected chi connectivity index (χ4v) is 3.34. The van der Waals surface area contributed by atoms with Crippen molar-refractivity contribution in [3.63, 3.8) is 0 Å². The molecule has 0 saturated heterocycles. The highest BCUT2D eigenvalue weighted by molar-refractivity contribution is 5.94. The lowest BCUT2D eigenvalue weighted by Gasteiger charge is -2.23. The van der Waals surface area contributed by atoms with E-state index in [4.69, 9.17) is 15.9 Å². The molecule has 1 aliphatic heterocycles. The Hall–Kier alpha value is -3.72. The van der Waals surface area contributed by atoms with Crippen LogP contribution in [0.4, 0.5) is 5.82 Å². The van der Waals surface area contributed by atoms with Gasteiger partial charge in [0, 0.05) is 18.0 Å². The molecule has 0 saturated carbocycles. The number of anilines is 1. The third-order valence-electron chi connectivity index (χ3n) is 4.73. The number of amides is 1. The number of carbonyl (C=O) groups excluding carboxylic acids is 1. The molecule has 6 nitrogen and oxygen atoms in total. The minimum Gasteiger partial charge on any atom is -0.497 e. The van der Waals surface area contributed by atoms with Crippen LogP contribution in [0, 0.1) is 12.3 Å². The lowest BCUT2D eigenvalue weighted by molar-refractivity contribution is -0.116. The summed E-state index contributed by atoms with van der Waals surface area (Å²) in [5.74, 6) is 4.44. The zero-order valence-corrected chi connectivity index (χ0v) is 15.4. The van der Waals surface area contributed by atoms with E-state index in [0.29, 0.717) is 18.0 Å². The molecule has 6 heteroatoms. The smallest absolute Gasteiger partial charge is 0.226 e. The zero-order chi connectivity index (χ0) is 19.5. The van der Waals surface area contributed by atoms with Crippen LogP contribution in [-0.2, 0) is 4.79 Å². The van der Waals surface area contributed by atoms with Crippen LogP contribution in [0.15, 0.2) is 54.9 Å². The molecule has 0 radical (unpaired) electrons. The minimum absolute atomic E-state index is 0.0413. The molecule has 28 heavy (non-hydrogen) atoms. The molecule has 0 bridgehead atoms. The topological polar surface area (TPSA) is 65.4 Å². The Labute approximate surface area is 163 Å². The van der Waals surface area contributed by atoms with Crippen molar-refractivity contribution in [1.29, 1.82) is 0 Å². The van der Waals surface area contributed by atoms with Gasteiger partial charge in [0.15, 0.2) is 0 Å². The van der Waals surface area contributed by atoms with Gasteiger partial charge in [-0.3, -0.25) is 9.36 Å². The summed E-state index contributed by atoms with van der Waals surface area (Å²) in [5.41, 5.74) is 2.74. The number of rotatable bonds is 5. The number of carbonyl (C=O) groups is 1. The number of nitrogens with one attached hydrogen (secondary N) is 1. The van der Waals surface area contributed by atoms with Crippen molar-refractivity contribution >= 4 is 11.7 Å². The maximum Gasteiger partial charge on any atom is 0.226 e. The summed E-state index contributed by atoms with van der Waals surface area (Å²) >= 11 is 0. The lowest BCUT2D eigenvalue weighted by Crippen LogP contribution is -2.24. The highest BCUT2D eigenvalue weighted by atomic mass is 16.5. The van der Waals surface area contributed by atoms with E-state index in [2.05, 4.69) is 16.2 Å². The van der Waals surface area contributed by atoms with Crippen LogP contribution in [0.25, 0.3) is 5.69 Å². The first kappa shape index (κ1) is 17.7. The first-order valence-corrected chi connectivity index (χ1v) is 8.87. The van der Waals surface area contributed by atoms with Crippen molar-refractivity contribution in [2.24, 2.45) is 0 Å². The summed E-state index contributed by atoms with van der Waals surface area (Å²) in [6.07, 6.45) is 7.30. The SMILES string of the molecule is C#CCOc1ccc([C@H]2CC(=O)Nc3c2ncn3-c2ccc(OC)cc2)cc1. The summed E-state index contributed by atoms with van der Waals surface area (Å²) < 4.78 is 12.5. The van der Waals surface area contributed by atoms with Gasteiger partial charge in [0.05, 0.1) is 12.8 Å². The third-order valence-corrected chi connectivity index (χ3v) is 4.73. The van der Waals surface area contributed by atoms with Gasteiger partial charge >= 0.3 is 0 Å². The average molecular weight is 373 g/mol. The molecular weight excluding hydrogens is 354 g/mol. The number of terminal acetylenes is 1. The van der Waals surface area contributed by atoms with E-state index in [1.807, 2.05) is 53.1 Å². The van der Waals surface area contributed by atoms with Crippen LogP contribution in [0.5, 0.6) is 11.5 Å².